The molecule has 0 saturated heterocycles. The lowest BCUT2D eigenvalue weighted by Gasteiger charge is -2.08. The maximum atomic E-state index is 12.4. The van der Waals surface area contributed by atoms with Crippen LogP contribution in [0.2, 0.25) is 0 Å². The molecule has 1 aromatic heterocycles. The smallest absolute Gasteiger partial charge is 0.278 e. The molecule has 0 radical (unpaired) electrons. The topological polar surface area (TPSA) is 89.5 Å². The summed E-state index contributed by atoms with van der Waals surface area (Å²) < 4.78 is 1.82. The number of nitro benzene ring substituents is 1. The first-order valence-corrected chi connectivity index (χ1v) is 7.46. The van der Waals surface area contributed by atoms with Crippen molar-refractivity contribution in [3.8, 4) is 5.69 Å². The van der Waals surface area contributed by atoms with Crippen LogP contribution < -0.4 is 5.43 Å². The zero-order chi connectivity index (χ0) is 17.6. The fraction of sp³-hybridized carbons (Fsp3) is 0. The molecular formula is C18H14N4O3. The molecular weight excluding hydrogens is 320 g/mol. The van der Waals surface area contributed by atoms with Crippen molar-refractivity contribution < 1.29 is 9.72 Å². The number of nitrogens with zero attached hydrogens (tertiary/aromatic N) is 3. The van der Waals surface area contributed by atoms with E-state index in [9.17, 15) is 14.9 Å². The number of hydrogen-bond donors (Lipinski definition) is 1. The third-order valence-corrected chi connectivity index (χ3v) is 3.53. The first-order chi connectivity index (χ1) is 12.2. The van der Waals surface area contributed by atoms with Crippen LogP contribution in [0.15, 0.2) is 78.2 Å². The molecule has 1 amide bonds. The number of hydrazone groups is 1. The van der Waals surface area contributed by atoms with E-state index in [1.165, 1.54) is 12.3 Å². The first kappa shape index (κ1) is 16.1. The van der Waals surface area contributed by atoms with E-state index in [0.29, 0.717) is 16.8 Å². The van der Waals surface area contributed by atoms with Gasteiger partial charge in [-0.25, -0.2) is 5.43 Å². The zero-order valence-electron chi connectivity index (χ0n) is 13.1. The van der Waals surface area contributed by atoms with Gasteiger partial charge in [0, 0.05) is 18.5 Å². The molecule has 0 aliphatic carbocycles. The van der Waals surface area contributed by atoms with Gasteiger partial charge in [0.05, 0.1) is 28.0 Å². The number of rotatable bonds is 5. The Bertz CT molecular complexity index is 933. The molecule has 2 aromatic carbocycles. The maximum absolute atomic E-state index is 12.4. The molecule has 0 unspecified atom stereocenters. The molecule has 25 heavy (non-hydrogen) atoms. The Morgan fingerprint density at radius 3 is 2.48 bits per heavy atom. The summed E-state index contributed by atoms with van der Waals surface area (Å²) in [6.07, 6.45) is 4.93. The van der Waals surface area contributed by atoms with E-state index in [1.807, 2.05) is 41.2 Å². The Labute approximate surface area is 143 Å². The lowest BCUT2D eigenvalue weighted by molar-refractivity contribution is -0.385. The third-order valence-electron chi connectivity index (χ3n) is 3.53. The highest BCUT2D eigenvalue weighted by Crippen LogP contribution is 2.16. The first-order valence-electron chi connectivity index (χ1n) is 7.46. The lowest BCUT2D eigenvalue weighted by atomic mass is 10.1. The van der Waals surface area contributed by atoms with E-state index in [2.05, 4.69) is 10.5 Å². The fourth-order valence-electron chi connectivity index (χ4n) is 2.37. The summed E-state index contributed by atoms with van der Waals surface area (Å²) in [6.45, 7) is 0. The Kier molecular flexibility index (Phi) is 4.66. The summed E-state index contributed by atoms with van der Waals surface area (Å²) in [5.41, 5.74) is 3.80. The normalized spacial score (nSPS) is 10.7. The van der Waals surface area contributed by atoms with Crippen LogP contribution in [0.5, 0.6) is 0 Å². The minimum atomic E-state index is -0.496. The predicted octanol–water partition coefficient (Wildman–Crippen LogP) is 3.15. The molecule has 0 aliphatic heterocycles. The fourth-order valence-corrected chi connectivity index (χ4v) is 2.37. The molecule has 0 bridgehead atoms. The summed E-state index contributed by atoms with van der Waals surface area (Å²) in [7, 11) is 0. The number of para-hydroxylation sites is 2. The molecule has 1 heterocycles. The van der Waals surface area contributed by atoms with Crippen molar-refractivity contribution in [1.82, 2.24) is 9.99 Å². The van der Waals surface area contributed by atoms with Gasteiger partial charge in [0.25, 0.3) is 11.6 Å². The number of hydrogen-bond acceptors (Lipinski definition) is 4. The van der Waals surface area contributed by atoms with E-state index >= 15 is 0 Å². The number of nitro groups is 1. The van der Waals surface area contributed by atoms with Crippen molar-refractivity contribution in [3.63, 3.8) is 0 Å². The van der Waals surface area contributed by atoms with Gasteiger partial charge in [0.1, 0.15) is 0 Å². The molecule has 7 nitrogen and oxygen atoms in total. The number of nitrogens with one attached hydrogen (secondary N) is 1. The Morgan fingerprint density at radius 1 is 1.04 bits per heavy atom. The number of carbonyl (C=O) groups is 1. The molecule has 3 rings (SSSR count). The molecule has 7 heteroatoms. The van der Waals surface area contributed by atoms with Gasteiger partial charge >= 0.3 is 0 Å². The van der Waals surface area contributed by atoms with E-state index in [1.54, 1.807) is 30.3 Å². The van der Waals surface area contributed by atoms with Crippen LogP contribution in [-0.4, -0.2) is 21.6 Å². The van der Waals surface area contributed by atoms with Crippen LogP contribution >= 0.6 is 0 Å². The molecule has 0 aliphatic rings. The molecule has 0 atom stereocenters. The van der Waals surface area contributed by atoms with Crippen molar-refractivity contribution >= 4 is 17.8 Å². The monoisotopic (exact) mass is 334 g/mol. The second-order valence-corrected chi connectivity index (χ2v) is 5.12. The predicted molar refractivity (Wildman–Crippen MR) is 93.9 cm³/mol. The highest BCUT2D eigenvalue weighted by molar-refractivity contribution is 5.98. The average molecular weight is 334 g/mol. The van der Waals surface area contributed by atoms with Crippen LogP contribution in [0.3, 0.4) is 0 Å². The van der Waals surface area contributed by atoms with Crippen molar-refractivity contribution in [2.45, 2.75) is 0 Å². The van der Waals surface area contributed by atoms with Crippen LogP contribution in [0.25, 0.3) is 5.69 Å². The molecule has 3 aromatic rings. The minimum absolute atomic E-state index is 0.0757. The molecule has 0 spiro atoms. The Balaban J connectivity index is 1.80. The molecule has 0 saturated carbocycles. The number of aromatic nitrogens is 1. The van der Waals surface area contributed by atoms with E-state index in [4.69, 9.17) is 0 Å². The molecule has 0 fully saturated rings. The van der Waals surface area contributed by atoms with E-state index in [0.717, 1.165) is 0 Å². The van der Waals surface area contributed by atoms with Crippen LogP contribution in [0.1, 0.15) is 15.9 Å². The second-order valence-electron chi connectivity index (χ2n) is 5.12. The van der Waals surface area contributed by atoms with Gasteiger partial charge in [0.2, 0.25) is 0 Å². The van der Waals surface area contributed by atoms with Gasteiger partial charge in [-0.15, -0.1) is 0 Å². The van der Waals surface area contributed by atoms with E-state index in [-0.39, 0.29) is 5.69 Å². The number of carbonyl (C=O) groups excluding carboxylic acids is 1. The Hall–Kier alpha value is -3.74. The average Bonchev–Trinajstić information content (AvgIpc) is 3.16. The van der Waals surface area contributed by atoms with Gasteiger partial charge in [-0.3, -0.25) is 14.9 Å². The van der Waals surface area contributed by atoms with Crippen LogP contribution in [0, 0.1) is 10.1 Å². The minimum Gasteiger partial charge on any atom is -0.323 e. The quantitative estimate of drug-likeness (QED) is 0.441. The third kappa shape index (κ3) is 3.61. The summed E-state index contributed by atoms with van der Waals surface area (Å²) in [5.74, 6) is -0.404. The van der Waals surface area contributed by atoms with Crippen molar-refractivity contribution in [3.05, 3.63) is 94.3 Å². The molecule has 1 N–H and O–H groups in total. The summed E-state index contributed by atoms with van der Waals surface area (Å²) in [5, 5.41) is 14.8. The second kappa shape index (κ2) is 7.22. The van der Waals surface area contributed by atoms with Crippen molar-refractivity contribution in [2.75, 3.05) is 0 Å². The zero-order valence-corrected chi connectivity index (χ0v) is 13.1. The van der Waals surface area contributed by atoms with Crippen LogP contribution in [-0.2, 0) is 0 Å². The van der Waals surface area contributed by atoms with Crippen LogP contribution in [0.4, 0.5) is 5.69 Å². The standard InChI is InChI=1S/C18H14N4O3/c23-18(15-8-2-4-10-17(15)21-11-5-6-12-21)20-19-13-14-7-1-3-9-16(14)22(24)25/h1-13H,(H,20,23)/b19-13+. The maximum Gasteiger partial charge on any atom is 0.278 e. The largest absolute Gasteiger partial charge is 0.323 e. The summed E-state index contributed by atoms with van der Waals surface area (Å²) in [4.78, 5) is 22.9. The van der Waals surface area contributed by atoms with E-state index < -0.39 is 10.8 Å². The van der Waals surface area contributed by atoms with Gasteiger partial charge in [-0.1, -0.05) is 24.3 Å². The highest BCUT2D eigenvalue weighted by Gasteiger charge is 2.12. The summed E-state index contributed by atoms with van der Waals surface area (Å²) >= 11 is 0. The Morgan fingerprint density at radius 2 is 1.72 bits per heavy atom. The van der Waals surface area contributed by atoms with Gasteiger partial charge in [0.15, 0.2) is 0 Å². The number of benzene rings is 2. The number of amides is 1. The highest BCUT2D eigenvalue weighted by atomic mass is 16.6. The summed E-state index contributed by atoms with van der Waals surface area (Å²) in [6, 6.07) is 17.0. The van der Waals surface area contributed by atoms with Crippen molar-refractivity contribution in [2.24, 2.45) is 5.10 Å². The van der Waals surface area contributed by atoms with Crippen molar-refractivity contribution in [1.29, 1.82) is 0 Å². The van der Waals surface area contributed by atoms with Gasteiger partial charge in [-0.2, -0.15) is 5.10 Å². The molecule has 124 valence electrons. The van der Waals surface area contributed by atoms with Gasteiger partial charge in [-0.05, 0) is 30.3 Å². The van der Waals surface area contributed by atoms with Gasteiger partial charge < -0.3 is 4.57 Å². The SMILES string of the molecule is O=C(N/N=C/c1ccccc1[N+](=O)[O-])c1ccccc1-n1cccc1. The lowest BCUT2D eigenvalue weighted by Crippen LogP contribution is -2.19.